The number of thiophene rings is 1. The molecule has 6 nitrogen and oxygen atoms in total. The minimum absolute atomic E-state index is 0.176. The van der Waals surface area contributed by atoms with Crippen LogP contribution < -0.4 is 5.43 Å². The maximum absolute atomic E-state index is 14.2. The quantitative estimate of drug-likeness (QED) is 0.661. The summed E-state index contributed by atoms with van der Waals surface area (Å²) in [6.45, 7) is 5.03. The Balaban J connectivity index is 1.53. The summed E-state index contributed by atoms with van der Waals surface area (Å²) in [5, 5.41) is 8.40. The van der Waals surface area contributed by atoms with E-state index in [1.807, 2.05) is 0 Å². The minimum Gasteiger partial charge on any atom is -0.335 e. The molecule has 4 rings (SSSR count). The van der Waals surface area contributed by atoms with E-state index in [1.54, 1.807) is 41.4 Å². The second kappa shape index (κ2) is 8.26. The first kappa shape index (κ1) is 19.5. The Morgan fingerprint density at radius 1 is 1.17 bits per heavy atom. The standard InChI is InChI=1S/C21H21FN4O2S/c1-15-12-19(27)20(23-26(15)18-5-3-2-4-17(18)22)21(28)25-9-7-24(8-10-25)13-16-6-11-29-14-16/h2-6,11-12,14H,7-10,13H2,1H3. The van der Waals surface area contributed by atoms with Gasteiger partial charge in [0.2, 0.25) is 5.43 Å². The zero-order chi connectivity index (χ0) is 20.4. The highest BCUT2D eigenvalue weighted by atomic mass is 32.1. The lowest BCUT2D eigenvalue weighted by atomic mass is 10.2. The van der Waals surface area contributed by atoms with Crippen LogP contribution in [0.1, 0.15) is 21.7 Å². The van der Waals surface area contributed by atoms with Crippen molar-refractivity contribution in [3.8, 4) is 5.69 Å². The number of amides is 1. The molecule has 0 unspecified atom stereocenters. The van der Waals surface area contributed by atoms with Crippen LogP contribution in [0.5, 0.6) is 0 Å². The molecule has 0 N–H and O–H groups in total. The molecule has 0 aliphatic carbocycles. The van der Waals surface area contributed by atoms with Crippen LogP contribution in [0.15, 0.2) is 52.0 Å². The van der Waals surface area contributed by atoms with Gasteiger partial charge in [0.15, 0.2) is 5.69 Å². The summed E-state index contributed by atoms with van der Waals surface area (Å²) in [5.74, 6) is -0.873. The van der Waals surface area contributed by atoms with Gasteiger partial charge in [0.25, 0.3) is 5.91 Å². The highest BCUT2D eigenvalue weighted by molar-refractivity contribution is 7.07. The van der Waals surface area contributed by atoms with Gasteiger partial charge in [-0.1, -0.05) is 12.1 Å². The van der Waals surface area contributed by atoms with E-state index in [-0.39, 0.29) is 11.4 Å². The first-order valence-electron chi connectivity index (χ1n) is 9.41. The van der Waals surface area contributed by atoms with Gasteiger partial charge in [0.05, 0.1) is 0 Å². The van der Waals surface area contributed by atoms with Crippen LogP contribution in [0.25, 0.3) is 5.69 Å². The topological polar surface area (TPSA) is 58.4 Å². The van der Waals surface area contributed by atoms with E-state index >= 15 is 0 Å². The molecule has 2 aromatic heterocycles. The number of para-hydroxylation sites is 1. The zero-order valence-electron chi connectivity index (χ0n) is 16.0. The van der Waals surface area contributed by atoms with Crippen molar-refractivity contribution in [2.75, 3.05) is 26.2 Å². The smallest absolute Gasteiger partial charge is 0.278 e. The number of benzene rings is 1. The molecular formula is C21H21FN4O2S. The molecule has 0 saturated carbocycles. The number of carbonyl (C=O) groups is 1. The van der Waals surface area contributed by atoms with Gasteiger partial charge in [-0.15, -0.1) is 0 Å². The molecule has 0 spiro atoms. The number of hydrogen-bond donors (Lipinski definition) is 0. The molecule has 8 heteroatoms. The Bertz CT molecular complexity index is 1070. The van der Waals surface area contributed by atoms with Gasteiger partial charge in [-0.25, -0.2) is 9.07 Å². The highest BCUT2D eigenvalue weighted by Gasteiger charge is 2.26. The van der Waals surface area contributed by atoms with Gasteiger partial charge in [-0.05, 0) is 41.4 Å². The van der Waals surface area contributed by atoms with Gasteiger partial charge in [-0.2, -0.15) is 16.4 Å². The lowest BCUT2D eigenvalue weighted by Crippen LogP contribution is -2.49. The van der Waals surface area contributed by atoms with Crippen molar-refractivity contribution >= 4 is 17.2 Å². The number of halogens is 1. The molecule has 0 atom stereocenters. The third-order valence-corrected chi connectivity index (χ3v) is 5.77. The van der Waals surface area contributed by atoms with Crippen molar-refractivity contribution in [1.29, 1.82) is 0 Å². The van der Waals surface area contributed by atoms with E-state index in [0.29, 0.717) is 18.8 Å². The second-order valence-corrected chi connectivity index (χ2v) is 7.84. The monoisotopic (exact) mass is 412 g/mol. The van der Waals surface area contributed by atoms with Gasteiger partial charge in [0.1, 0.15) is 11.5 Å². The van der Waals surface area contributed by atoms with Gasteiger partial charge < -0.3 is 4.90 Å². The maximum atomic E-state index is 14.2. The average Bonchev–Trinajstić information content (AvgIpc) is 3.22. The minimum atomic E-state index is -0.466. The van der Waals surface area contributed by atoms with Crippen LogP contribution in [-0.4, -0.2) is 51.7 Å². The molecule has 150 valence electrons. The summed E-state index contributed by atoms with van der Waals surface area (Å²) >= 11 is 1.67. The van der Waals surface area contributed by atoms with Crippen molar-refractivity contribution in [3.05, 3.63) is 80.2 Å². The Morgan fingerprint density at radius 3 is 2.62 bits per heavy atom. The van der Waals surface area contributed by atoms with Crippen LogP contribution in [0.4, 0.5) is 4.39 Å². The van der Waals surface area contributed by atoms with E-state index in [0.717, 1.165) is 19.6 Å². The first-order chi connectivity index (χ1) is 14.0. The lowest BCUT2D eigenvalue weighted by molar-refractivity contribution is 0.0619. The van der Waals surface area contributed by atoms with Gasteiger partial charge in [-0.3, -0.25) is 14.5 Å². The molecule has 29 heavy (non-hydrogen) atoms. The predicted octanol–water partition coefficient (Wildman–Crippen LogP) is 2.70. The predicted molar refractivity (Wildman–Crippen MR) is 110 cm³/mol. The molecule has 1 saturated heterocycles. The molecule has 3 aromatic rings. The molecule has 1 aromatic carbocycles. The molecular weight excluding hydrogens is 391 g/mol. The number of aromatic nitrogens is 2. The van der Waals surface area contributed by atoms with Crippen LogP contribution in [0, 0.1) is 12.7 Å². The summed E-state index contributed by atoms with van der Waals surface area (Å²) < 4.78 is 15.5. The third-order valence-electron chi connectivity index (χ3n) is 5.04. The Morgan fingerprint density at radius 2 is 1.93 bits per heavy atom. The molecule has 1 amide bonds. The molecule has 3 heterocycles. The lowest BCUT2D eigenvalue weighted by Gasteiger charge is -2.34. The summed E-state index contributed by atoms with van der Waals surface area (Å²) in [5.41, 5.74) is 1.32. The largest absolute Gasteiger partial charge is 0.335 e. The zero-order valence-corrected chi connectivity index (χ0v) is 16.9. The molecule has 1 fully saturated rings. The van der Waals surface area contributed by atoms with Crippen LogP contribution in [0.2, 0.25) is 0 Å². The van der Waals surface area contributed by atoms with Gasteiger partial charge in [0, 0.05) is 44.5 Å². The molecule has 1 aliphatic heterocycles. The SMILES string of the molecule is Cc1cc(=O)c(C(=O)N2CCN(Cc3ccsc3)CC2)nn1-c1ccccc1F. The Kier molecular flexibility index (Phi) is 5.55. The number of piperazine rings is 1. The van der Waals surface area contributed by atoms with Crippen molar-refractivity contribution in [1.82, 2.24) is 19.6 Å². The molecule has 0 bridgehead atoms. The summed E-state index contributed by atoms with van der Waals surface area (Å²) in [6, 6.07) is 9.59. The summed E-state index contributed by atoms with van der Waals surface area (Å²) in [4.78, 5) is 29.3. The summed E-state index contributed by atoms with van der Waals surface area (Å²) in [6.07, 6.45) is 0. The normalized spacial score (nSPS) is 14.9. The van der Waals surface area contributed by atoms with E-state index in [1.165, 1.54) is 22.4 Å². The molecule has 0 radical (unpaired) electrons. The van der Waals surface area contributed by atoms with Gasteiger partial charge >= 0.3 is 0 Å². The Hall–Kier alpha value is -2.84. The fraction of sp³-hybridized carbons (Fsp3) is 0.286. The average molecular weight is 412 g/mol. The van der Waals surface area contributed by atoms with E-state index < -0.39 is 17.2 Å². The summed E-state index contributed by atoms with van der Waals surface area (Å²) in [7, 11) is 0. The fourth-order valence-electron chi connectivity index (χ4n) is 3.46. The third kappa shape index (κ3) is 4.13. The number of aryl methyl sites for hydroxylation is 1. The number of nitrogens with zero attached hydrogens (tertiary/aromatic N) is 4. The van der Waals surface area contributed by atoms with E-state index in [4.69, 9.17) is 0 Å². The van der Waals surface area contributed by atoms with Crippen LogP contribution >= 0.6 is 11.3 Å². The van der Waals surface area contributed by atoms with Crippen molar-refractivity contribution in [2.24, 2.45) is 0 Å². The van der Waals surface area contributed by atoms with Crippen molar-refractivity contribution < 1.29 is 9.18 Å². The number of hydrogen-bond acceptors (Lipinski definition) is 5. The molecule has 1 aliphatic rings. The van der Waals surface area contributed by atoms with E-state index in [2.05, 4.69) is 26.8 Å². The highest BCUT2D eigenvalue weighted by Crippen LogP contribution is 2.15. The maximum Gasteiger partial charge on any atom is 0.278 e. The van der Waals surface area contributed by atoms with E-state index in [9.17, 15) is 14.0 Å². The van der Waals surface area contributed by atoms with Crippen molar-refractivity contribution in [3.63, 3.8) is 0 Å². The fourth-order valence-corrected chi connectivity index (χ4v) is 4.12. The van der Waals surface area contributed by atoms with Crippen LogP contribution in [-0.2, 0) is 6.54 Å². The van der Waals surface area contributed by atoms with Crippen LogP contribution in [0.3, 0.4) is 0 Å². The number of rotatable bonds is 4. The van der Waals surface area contributed by atoms with Crippen molar-refractivity contribution in [2.45, 2.75) is 13.5 Å². The first-order valence-corrected chi connectivity index (χ1v) is 10.4. The second-order valence-electron chi connectivity index (χ2n) is 7.06. The number of carbonyl (C=O) groups excluding carboxylic acids is 1. The Labute approximate surface area is 171 Å².